The minimum Gasteiger partial charge on any atom is -0.480 e. The Kier molecular flexibility index (Phi) is 3.62. The van der Waals surface area contributed by atoms with Crippen LogP contribution in [0.15, 0.2) is 30.3 Å². The zero-order chi connectivity index (χ0) is 14.0. The predicted octanol–water partition coefficient (Wildman–Crippen LogP) is 0.335. The average Bonchev–Trinajstić information content (AvgIpc) is 2.65. The zero-order valence-electron chi connectivity index (χ0n) is 10.4. The number of hydrogen-bond acceptors (Lipinski definition) is 4. The summed E-state index contributed by atoms with van der Waals surface area (Å²) in [6.07, 6.45) is 0.0114. The third kappa shape index (κ3) is 2.63. The second-order valence-corrected chi connectivity index (χ2v) is 4.43. The van der Waals surface area contributed by atoms with Crippen LogP contribution in [0.5, 0.6) is 0 Å². The molecule has 2 rings (SSSR count). The molecule has 0 saturated carbocycles. The van der Waals surface area contributed by atoms with Crippen molar-refractivity contribution in [3.8, 4) is 0 Å². The fourth-order valence-electron chi connectivity index (χ4n) is 2.13. The van der Waals surface area contributed by atoms with Gasteiger partial charge < -0.3 is 5.11 Å². The molecule has 1 fully saturated rings. The van der Waals surface area contributed by atoms with Crippen LogP contribution in [0.1, 0.15) is 6.42 Å². The van der Waals surface area contributed by atoms with Gasteiger partial charge in [0.1, 0.15) is 0 Å². The summed E-state index contributed by atoms with van der Waals surface area (Å²) in [4.78, 5) is 37.3. The number of hydrogen-bond donors (Lipinski definition) is 1. The van der Waals surface area contributed by atoms with E-state index in [-0.39, 0.29) is 24.8 Å². The standard InChI is InChI=1S/C13H14N2O4/c1-14(8-12(17)18)10-7-11(16)15(13(10)19)9-5-3-2-4-6-9/h2-6,10H,7-8H2,1H3,(H,17,18). The number of benzene rings is 1. The maximum Gasteiger partial charge on any atom is 0.317 e. The first-order valence-corrected chi connectivity index (χ1v) is 5.84. The number of nitrogens with zero attached hydrogens (tertiary/aromatic N) is 2. The number of para-hydroxylation sites is 1. The first kappa shape index (κ1) is 13.2. The Labute approximate surface area is 110 Å². The lowest BCUT2D eigenvalue weighted by atomic mass is 10.2. The monoisotopic (exact) mass is 262 g/mol. The molecule has 1 heterocycles. The van der Waals surface area contributed by atoms with Crippen molar-refractivity contribution in [2.24, 2.45) is 0 Å². The molecule has 0 radical (unpaired) electrons. The van der Waals surface area contributed by atoms with Gasteiger partial charge in [0.05, 0.1) is 24.7 Å². The van der Waals surface area contributed by atoms with Crippen molar-refractivity contribution >= 4 is 23.5 Å². The van der Waals surface area contributed by atoms with Crippen LogP contribution in [0.2, 0.25) is 0 Å². The zero-order valence-corrected chi connectivity index (χ0v) is 10.4. The highest BCUT2D eigenvalue weighted by Crippen LogP contribution is 2.24. The summed E-state index contributed by atoms with van der Waals surface area (Å²) in [7, 11) is 1.53. The molecule has 2 amide bonds. The fraction of sp³-hybridized carbons (Fsp3) is 0.308. The van der Waals surface area contributed by atoms with Crippen LogP contribution in [0.3, 0.4) is 0 Å². The summed E-state index contributed by atoms with van der Waals surface area (Å²) in [5.74, 6) is -1.71. The Bertz CT molecular complexity index is 515. The number of carboxylic acid groups (broad SMARTS) is 1. The molecule has 1 unspecified atom stereocenters. The third-order valence-corrected chi connectivity index (χ3v) is 3.05. The van der Waals surface area contributed by atoms with Gasteiger partial charge in [0.2, 0.25) is 5.91 Å². The second-order valence-electron chi connectivity index (χ2n) is 4.43. The van der Waals surface area contributed by atoms with Gasteiger partial charge in [-0.2, -0.15) is 0 Å². The molecule has 0 bridgehead atoms. The molecule has 1 aliphatic rings. The highest BCUT2D eigenvalue weighted by molar-refractivity contribution is 6.22. The third-order valence-electron chi connectivity index (χ3n) is 3.05. The molecule has 6 nitrogen and oxygen atoms in total. The Hall–Kier alpha value is -2.21. The second kappa shape index (κ2) is 5.19. The van der Waals surface area contributed by atoms with E-state index in [0.29, 0.717) is 5.69 Å². The van der Waals surface area contributed by atoms with Crippen molar-refractivity contribution in [2.75, 3.05) is 18.5 Å². The van der Waals surface area contributed by atoms with Crippen molar-refractivity contribution in [3.63, 3.8) is 0 Å². The molecule has 1 aromatic carbocycles. The summed E-state index contributed by atoms with van der Waals surface area (Å²) in [5, 5.41) is 8.73. The Morgan fingerprint density at radius 1 is 1.37 bits per heavy atom. The van der Waals surface area contributed by atoms with Crippen LogP contribution in [-0.2, 0) is 14.4 Å². The van der Waals surface area contributed by atoms with E-state index in [0.717, 1.165) is 4.90 Å². The van der Waals surface area contributed by atoms with Gasteiger partial charge in [0.15, 0.2) is 0 Å². The molecule has 1 N–H and O–H groups in total. The normalized spacial score (nSPS) is 19.3. The summed E-state index contributed by atoms with van der Waals surface area (Å²) in [5.41, 5.74) is 0.517. The fourth-order valence-corrected chi connectivity index (χ4v) is 2.13. The number of carbonyl (C=O) groups excluding carboxylic acids is 2. The molecule has 1 aliphatic heterocycles. The van der Waals surface area contributed by atoms with Gasteiger partial charge in [-0.25, -0.2) is 4.90 Å². The molecule has 1 aromatic rings. The Morgan fingerprint density at radius 3 is 2.58 bits per heavy atom. The first-order valence-electron chi connectivity index (χ1n) is 5.84. The summed E-state index contributed by atoms with van der Waals surface area (Å²) >= 11 is 0. The lowest BCUT2D eigenvalue weighted by Gasteiger charge is -2.20. The molecular formula is C13H14N2O4. The summed E-state index contributed by atoms with van der Waals surface area (Å²) in [6, 6.07) is 7.92. The van der Waals surface area contributed by atoms with Crippen molar-refractivity contribution in [1.29, 1.82) is 0 Å². The number of carbonyl (C=O) groups is 3. The van der Waals surface area contributed by atoms with E-state index in [2.05, 4.69) is 0 Å². The van der Waals surface area contributed by atoms with E-state index in [1.165, 1.54) is 11.9 Å². The van der Waals surface area contributed by atoms with E-state index in [1.54, 1.807) is 30.3 Å². The average molecular weight is 262 g/mol. The van der Waals surface area contributed by atoms with Crippen molar-refractivity contribution in [3.05, 3.63) is 30.3 Å². The van der Waals surface area contributed by atoms with Gasteiger partial charge in [0, 0.05) is 0 Å². The maximum atomic E-state index is 12.2. The van der Waals surface area contributed by atoms with E-state index in [9.17, 15) is 14.4 Å². The quantitative estimate of drug-likeness (QED) is 0.791. The Morgan fingerprint density at radius 2 is 2.00 bits per heavy atom. The van der Waals surface area contributed by atoms with Gasteiger partial charge in [0.25, 0.3) is 5.91 Å². The molecular weight excluding hydrogens is 248 g/mol. The van der Waals surface area contributed by atoms with Crippen LogP contribution in [-0.4, -0.2) is 47.4 Å². The molecule has 100 valence electrons. The number of anilines is 1. The van der Waals surface area contributed by atoms with Crippen molar-refractivity contribution in [2.45, 2.75) is 12.5 Å². The lowest BCUT2D eigenvalue weighted by molar-refractivity contribution is -0.139. The highest BCUT2D eigenvalue weighted by Gasteiger charge is 2.41. The van der Waals surface area contributed by atoms with Crippen LogP contribution in [0.25, 0.3) is 0 Å². The van der Waals surface area contributed by atoms with Crippen LogP contribution in [0.4, 0.5) is 5.69 Å². The SMILES string of the molecule is CN(CC(=O)O)C1CC(=O)N(c2ccccc2)C1=O. The predicted molar refractivity (Wildman–Crippen MR) is 67.6 cm³/mol. The van der Waals surface area contributed by atoms with E-state index in [1.807, 2.05) is 0 Å². The summed E-state index contributed by atoms with van der Waals surface area (Å²) in [6.45, 7) is -0.272. The summed E-state index contributed by atoms with van der Waals surface area (Å²) < 4.78 is 0. The minimum atomic E-state index is -1.03. The van der Waals surface area contributed by atoms with Gasteiger partial charge >= 0.3 is 5.97 Å². The molecule has 1 saturated heterocycles. The first-order chi connectivity index (χ1) is 9.00. The molecule has 1 atom stereocenters. The smallest absolute Gasteiger partial charge is 0.317 e. The van der Waals surface area contributed by atoms with Crippen molar-refractivity contribution in [1.82, 2.24) is 4.90 Å². The van der Waals surface area contributed by atoms with Gasteiger partial charge in [-0.3, -0.25) is 19.3 Å². The molecule has 0 aromatic heterocycles. The van der Waals surface area contributed by atoms with E-state index >= 15 is 0 Å². The number of aliphatic carboxylic acids is 1. The van der Waals surface area contributed by atoms with Crippen LogP contribution in [0, 0.1) is 0 Å². The largest absolute Gasteiger partial charge is 0.480 e. The topological polar surface area (TPSA) is 77.9 Å². The maximum absolute atomic E-state index is 12.2. The number of rotatable bonds is 4. The van der Waals surface area contributed by atoms with Crippen LogP contribution < -0.4 is 4.90 Å². The minimum absolute atomic E-state index is 0.0114. The number of likely N-dealkylation sites (N-methyl/N-ethyl adjacent to an activating group) is 1. The number of imide groups is 1. The van der Waals surface area contributed by atoms with E-state index < -0.39 is 12.0 Å². The van der Waals surface area contributed by atoms with Crippen LogP contribution >= 0.6 is 0 Å². The lowest BCUT2D eigenvalue weighted by Crippen LogP contribution is -2.42. The van der Waals surface area contributed by atoms with Gasteiger partial charge in [-0.15, -0.1) is 0 Å². The molecule has 6 heteroatoms. The number of amides is 2. The Balaban J connectivity index is 2.19. The molecule has 0 aliphatic carbocycles. The van der Waals surface area contributed by atoms with E-state index in [4.69, 9.17) is 5.11 Å². The van der Waals surface area contributed by atoms with Gasteiger partial charge in [-0.1, -0.05) is 18.2 Å². The highest BCUT2D eigenvalue weighted by atomic mass is 16.4. The molecule has 19 heavy (non-hydrogen) atoms. The van der Waals surface area contributed by atoms with Gasteiger partial charge in [-0.05, 0) is 19.2 Å². The molecule has 0 spiro atoms. The van der Waals surface area contributed by atoms with Crippen molar-refractivity contribution < 1.29 is 19.5 Å². The number of carboxylic acids is 1.